The summed E-state index contributed by atoms with van der Waals surface area (Å²) in [5.74, 6) is 0.251. The maximum Gasteiger partial charge on any atom is 0.216 e. The molecular formula is C22H32FIN4O2S. The number of hydrogen-bond donors (Lipinski definition) is 3. The second kappa shape index (κ2) is 13.0. The van der Waals surface area contributed by atoms with Crippen molar-refractivity contribution in [3.05, 3.63) is 70.5 Å². The molecule has 0 saturated carbocycles. The Hall–Kier alpha value is -1.72. The number of nitrogens with one attached hydrogen (secondary N) is 3. The molecule has 0 aliphatic carbocycles. The minimum atomic E-state index is -3.42. The van der Waals surface area contributed by atoms with Crippen molar-refractivity contribution >= 4 is 40.0 Å². The lowest BCUT2D eigenvalue weighted by Crippen LogP contribution is -2.37. The van der Waals surface area contributed by atoms with E-state index < -0.39 is 10.0 Å². The van der Waals surface area contributed by atoms with Gasteiger partial charge in [0.1, 0.15) is 5.82 Å². The van der Waals surface area contributed by atoms with Gasteiger partial charge in [0, 0.05) is 19.1 Å². The first-order valence-corrected chi connectivity index (χ1v) is 11.7. The molecule has 0 aromatic heterocycles. The third kappa shape index (κ3) is 9.53. The minimum Gasteiger partial charge on any atom is -0.357 e. The Morgan fingerprint density at radius 1 is 1.10 bits per heavy atom. The maximum absolute atomic E-state index is 13.7. The monoisotopic (exact) mass is 562 g/mol. The first-order valence-electron chi connectivity index (χ1n) is 10.0. The van der Waals surface area contributed by atoms with Crippen molar-refractivity contribution in [2.45, 2.75) is 52.6 Å². The second-order valence-electron chi connectivity index (χ2n) is 7.43. The molecule has 0 heterocycles. The van der Waals surface area contributed by atoms with Crippen LogP contribution in [-0.2, 0) is 28.9 Å². The zero-order valence-corrected chi connectivity index (χ0v) is 21.6. The first-order chi connectivity index (χ1) is 14.2. The highest BCUT2D eigenvalue weighted by molar-refractivity contribution is 14.0. The summed E-state index contributed by atoms with van der Waals surface area (Å²) in [6, 6.07) is 12.3. The van der Waals surface area contributed by atoms with Crippen LogP contribution in [0.15, 0.2) is 47.5 Å². The van der Waals surface area contributed by atoms with Crippen LogP contribution in [0.3, 0.4) is 0 Å². The molecule has 2 rings (SSSR count). The Morgan fingerprint density at radius 2 is 1.77 bits per heavy atom. The lowest BCUT2D eigenvalue weighted by atomic mass is 10.1. The predicted octanol–water partition coefficient (Wildman–Crippen LogP) is 3.84. The van der Waals surface area contributed by atoms with E-state index >= 15 is 0 Å². The van der Waals surface area contributed by atoms with Crippen molar-refractivity contribution in [1.29, 1.82) is 0 Å². The highest BCUT2D eigenvalue weighted by Gasteiger charge is 2.15. The van der Waals surface area contributed by atoms with E-state index in [0.29, 0.717) is 31.2 Å². The number of aliphatic imine (C=N–C) groups is 1. The molecule has 0 amide bonds. The van der Waals surface area contributed by atoms with E-state index in [1.165, 1.54) is 6.07 Å². The number of halogens is 2. The Bertz CT molecular complexity index is 981. The molecule has 0 spiro atoms. The first kappa shape index (κ1) is 27.3. The molecule has 0 fully saturated rings. The van der Waals surface area contributed by atoms with Gasteiger partial charge in [-0.15, -0.1) is 24.0 Å². The van der Waals surface area contributed by atoms with Crippen LogP contribution in [-0.4, -0.2) is 27.0 Å². The zero-order chi connectivity index (χ0) is 22.1. The summed E-state index contributed by atoms with van der Waals surface area (Å²) in [4.78, 5) is 4.51. The molecule has 0 aliphatic rings. The van der Waals surface area contributed by atoms with Gasteiger partial charge in [0.25, 0.3) is 0 Å². The predicted molar refractivity (Wildman–Crippen MR) is 136 cm³/mol. The molecule has 2 aromatic rings. The van der Waals surface area contributed by atoms with E-state index in [9.17, 15) is 12.8 Å². The average Bonchev–Trinajstić information content (AvgIpc) is 2.66. The average molecular weight is 562 g/mol. The molecule has 3 N–H and O–H groups in total. The molecule has 2 aromatic carbocycles. The summed E-state index contributed by atoms with van der Waals surface area (Å²) in [5, 5.41) is 6.39. The van der Waals surface area contributed by atoms with Crippen LogP contribution in [0.2, 0.25) is 0 Å². The smallest absolute Gasteiger partial charge is 0.216 e. The Labute approximate surface area is 202 Å². The van der Waals surface area contributed by atoms with Crippen LogP contribution in [0.5, 0.6) is 0 Å². The summed E-state index contributed by atoms with van der Waals surface area (Å²) in [5.41, 5.74) is 2.99. The van der Waals surface area contributed by atoms with Gasteiger partial charge in [-0.3, -0.25) is 0 Å². The normalized spacial score (nSPS) is 11.9. The highest BCUT2D eigenvalue weighted by Crippen LogP contribution is 2.13. The number of sulfonamides is 1. The molecule has 172 valence electrons. The Morgan fingerprint density at radius 3 is 2.39 bits per heavy atom. The molecule has 0 aliphatic heterocycles. The van der Waals surface area contributed by atoms with Gasteiger partial charge < -0.3 is 10.6 Å². The minimum absolute atomic E-state index is 0. The number of aryl methyl sites for hydroxylation is 1. The molecule has 0 unspecified atom stereocenters. The molecule has 0 atom stereocenters. The fraction of sp³-hybridized carbons (Fsp3) is 0.409. The van der Waals surface area contributed by atoms with E-state index in [1.807, 2.05) is 37.3 Å². The molecular weight excluding hydrogens is 530 g/mol. The van der Waals surface area contributed by atoms with Crippen molar-refractivity contribution in [2.24, 2.45) is 4.99 Å². The van der Waals surface area contributed by atoms with Gasteiger partial charge in [0.15, 0.2) is 5.96 Å². The van der Waals surface area contributed by atoms with Crippen LogP contribution >= 0.6 is 24.0 Å². The van der Waals surface area contributed by atoms with Crippen LogP contribution in [0, 0.1) is 12.7 Å². The van der Waals surface area contributed by atoms with Gasteiger partial charge in [-0.25, -0.2) is 22.5 Å². The third-order valence-electron chi connectivity index (χ3n) is 4.33. The summed E-state index contributed by atoms with van der Waals surface area (Å²) in [6.07, 6.45) is 0. The van der Waals surface area contributed by atoms with Gasteiger partial charge in [0.2, 0.25) is 10.0 Å². The van der Waals surface area contributed by atoms with Crippen LogP contribution in [0.4, 0.5) is 4.39 Å². The Kier molecular flexibility index (Phi) is 11.4. The number of nitrogens with zero attached hydrogens (tertiary/aromatic N) is 1. The lowest BCUT2D eigenvalue weighted by Gasteiger charge is -2.15. The SMILES string of the molecule is CCNC(=NCc1ccc(C)c(F)c1)NCc1ccccc1CS(=O)(=O)NC(C)C.I. The third-order valence-corrected chi connectivity index (χ3v) is 5.85. The van der Waals surface area contributed by atoms with Crippen molar-refractivity contribution in [2.75, 3.05) is 6.54 Å². The molecule has 9 heteroatoms. The van der Waals surface area contributed by atoms with Crippen molar-refractivity contribution in [1.82, 2.24) is 15.4 Å². The number of rotatable bonds is 9. The molecule has 0 saturated heterocycles. The number of hydrogen-bond acceptors (Lipinski definition) is 3. The quantitative estimate of drug-likeness (QED) is 0.247. The van der Waals surface area contributed by atoms with Gasteiger partial charge in [0.05, 0.1) is 12.3 Å². The molecule has 6 nitrogen and oxygen atoms in total. The van der Waals surface area contributed by atoms with E-state index in [0.717, 1.165) is 16.7 Å². The molecule has 31 heavy (non-hydrogen) atoms. The maximum atomic E-state index is 13.7. The lowest BCUT2D eigenvalue weighted by molar-refractivity contribution is 0.568. The van der Waals surface area contributed by atoms with Crippen LogP contribution in [0.25, 0.3) is 0 Å². The van der Waals surface area contributed by atoms with Gasteiger partial charge in [-0.1, -0.05) is 36.4 Å². The van der Waals surface area contributed by atoms with Crippen molar-refractivity contribution in [3.63, 3.8) is 0 Å². The van der Waals surface area contributed by atoms with E-state index in [2.05, 4.69) is 20.3 Å². The second-order valence-corrected chi connectivity index (χ2v) is 9.19. The summed E-state index contributed by atoms with van der Waals surface area (Å²) in [7, 11) is -3.42. The van der Waals surface area contributed by atoms with Crippen LogP contribution < -0.4 is 15.4 Å². The fourth-order valence-corrected chi connectivity index (χ4v) is 4.39. The fourth-order valence-electron chi connectivity index (χ4n) is 2.90. The van der Waals surface area contributed by atoms with E-state index in [-0.39, 0.29) is 41.6 Å². The highest BCUT2D eigenvalue weighted by atomic mass is 127. The van der Waals surface area contributed by atoms with Crippen LogP contribution in [0.1, 0.15) is 43.0 Å². The number of guanidine groups is 1. The van der Waals surface area contributed by atoms with Crippen molar-refractivity contribution in [3.8, 4) is 0 Å². The molecule has 0 radical (unpaired) electrons. The van der Waals surface area contributed by atoms with Crippen molar-refractivity contribution < 1.29 is 12.8 Å². The number of benzene rings is 2. The van der Waals surface area contributed by atoms with Gasteiger partial charge in [-0.2, -0.15) is 0 Å². The zero-order valence-electron chi connectivity index (χ0n) is 18.4. The summed E-state index contributed by atoms with van der Waals surface area (Å²) < 4.78 is 41.0. The van der Waals surface area contributed by atoms with E-state index in [1.54, 1.807) is 26.8 Å². The summed E-state index contributed by atoms with van der Waals surface area (Å²) >= 11 is 0. The summed E-state index contributed by atoms with van der Waals surface area (Å²) in [6.45, 7) is 8.70. The van der Waals surface area contributed by atoms with Gasteiger partial charge in [-0.05, 0) is 56.0 Å². The standard InChI is InChI=1S/C22H31FN4O2S.HI/c1-5-24-22(25-13-18-11-10-17(4)21(23)12-18)26-14-19-8-6-7-9-20(19)15-30(28,29)27-16(2)3;/h6-12,16,27H,5,13-15H2,1-4H3,(H2,24,25,26);1H. The Balaban J connectivity index is 0.00000480. The van der Waals surface area contributed by atoms with Gasteiger partial charge >= 0.3 is 0 Å². The topological polar surface area (TPSA) is 82.6 Å². The largest absolute Gasteiger partial charge is 0.357 e. The molecule has 0 bridgehead atoms. The van der Waals surface area contributed by atoms with E-state index in [4.69, 9.17) is 0 Å².